The average Bonchev–Trinajstić information content (AvgIpc) is 2.28. The summed E-state index contributed by atoms with van der Waals surface area (Å²) in [5.41, 5.74) is 3.11. The maximum absolute atomic E-state index is 10.5. The van der Waals surface area contributed by atoms with Crippen molar-refractivity contribution >= 4 is 46.5 Å². The third-order valence-corrected chi connectivity index (χ3v) is 1.81. The molecule has 0 aliphatic heterocycles. The standard InChI is InChI=1S/C9H6Cl2N2O3/c10-6-1-3-7(4-2-6)12-13-9(11)16-8(15)5-14/h1-5,12H/b13-9+. The Bertz CT molecular complexity index is 417. The summed E-state index contributed by atoms with van der Waals surface area (Å²) in [6, 6.07) is 6.59. The summed E-state index contributed by atoms with van der Waals surface area (Å²) < 4.78 is 4.26. The summed E-state index contributed by atoms with van der Waals surface area (Å²) in [4.78, 5) is 20.4. The highest BCUT2D eigenvalue weighted by Gasteiger charge is 2.03. The van der Waals surface area contributed by atoms with Gasteiger partial charge in [0.2, 0.25) is 6.29 Å². The summed E-state index contributed by atoms with van der Waals surface area (Å²) in [7, 11) is 0. The number of aldehydes is 1. The Labute approximate surface area is 101 Å². The molecular formula is C9H6Cl2N2O3. The van der Waals surface area contributed by atoms with E-state index >= 15 is 0 Å². The van der Waals surface area contributed by atoms with Gasteiger partial charge in [0.1, 0.15) is 0 Å². The molecule has 0 aromatic heterocycles. The molecule has 16 heavy (non-hydrogen) atoms. The first kappa shape index (κ1) is 12.5. The quantitative estimate of drug-likeness (QED) is 0.226. The van der Waals surface area contributed by atoms with E-state index in [1.54, 1.807) is 24.3 Å². The minimum atomic E-state index is -1.12. The van der Waals surface area contributed by atoms with Crippen LogP contribution in [0.25, 0.3) is 0 Å². The molecule has 0 amide bonds. The number of carbonyl (C=O) groups is 2. The lowest BCUT2D eigenvalue weighted by Crippen LogP contribution is -2.09. The lowest BCUT2D eigenvalue weighted by molar-refractivity contribution is -0.142. The van der Waals surface area contributed by atoms with E-state index in [1.807, 2.05) is 0 Å². The molecule has 0 atom stereocenters. The zero-order valence-corrected chi connectivity index (χ0v) is 9.33. The van der Waals surface area contributed by atoms with Gasteiger partial charge in [0, 0.05) is 5.02 Å². The fourth-order valence-electron chi connectivity index (χ4n) is 0.763. The predicted molar refractivity (Wildman–Crippen MR) is 60.5 cm³/mol. The van der Waals surface area contributed by atoms with Crippen LogP contribution in [0.4, 0.5) is 5.69 Å². The van der Waals surface area contributed by atoms with Gasteiger partial charge in [0.15, 0.2) is 0 Å². The van der Waals surface area contributed by atoms with Crippen molar-refractivity contribution in [1.29, 1.82) is 0 Å². The lowest BCUT2D eigenvalue weighted by Gasteiger charge is -2.00. The van der Waals surface area contributed by atoms with E-state index in [-0.39, 0.29) is 6.29 Å². The largest absolute Gasteiger partial charge is 0.390 e. The van der Waals surface area contributed by atoms with E-state index in [9.17, 15) is 9.59 Å². The minimum Gasteiger partial charge on any atom is -0.390 e. The highest BCUT2D eigenvalue weighted by atomic mass is 35.5. The molecule has 0 heterocycles. The van der Waals surface area contributed by atoms with Gasteiger partial charge in [-0.15, -0.1) is 5.10 Å². The molecular weight excluding hydrogens is 255 g/mol. The molecule has 5 nitrogen and oxygen atoms in total. The van der Waals surface area contributed by atoms with Crippen LogP contribution < -0.4 is 5.43 Å². The van der Waals surface area contributed by atoms with Crippen LogP contribution in [-0.2, 0) is 14.3 Å². The Kier molecular flexibility index (Phi) is 4.75. The number of ether oxygens (including phenoxy) is 1. The number of anilines is 1. The fraction of sp³-hybridized carbons (Fsp3) is 0. The predicted octanol–water partition coefficient (Wildman–Crippen LogP) is 2.00. The number of rotatable bonds is 3. The number of halogens is 2. The van der Waals surface area contributed by atoms with Gasteiger partial charge in [-0.25, -0.2) is 4.79 Å². The van der Waals surface area contributed by atoms with Crippen LogP contribution in [-0.4, -0.2) is 17.6 Å². The second-order valence-electron chi connectivity index (χ2n) is 2.52. The van der Waals surface area contributed by atoms with Crippen LogP contribution in [0.1, 0.15) is 0 Å². The van der Waals surface area contributed by atoms with Crippen LogP contribution in [0.2, 0.25) is 5.02 Å². The summed E-state index contributed by atoms with van der Waals surface area (Å²) in [6.45, 7) is 0. The molecule has 0 saturated carbocycles. The Morgan fingerprint density at radius 3 is 2.56 bits per heavy atom. The maximum Gasteiger partial charge on any atom is 0.378 e. The first-order chi connectivity index (χ1) is 7.61. The van der Waals surface area contributed by atoms with Crippen LogP contribution in [0, 0.1) is 0 Å². The normalized spacial score (nSPS) is 10.8. The van der Waals surface area contributed by atoms with E-state index in [2.05, 4.69) is 15.3 Å². The van der Waals surface area contributed by atoms with E-state index in [4.69, 9.17) is 23.2 Å². The van der Waals surface area contributed by atoms with Crippen molar-refractivity contribution in [2.24, 2.45) is 5.10 Å². The van der Waals surface area contributed by atoms with Gasteiger partial charge in [-0.05, 0) is 35.9 Å². The van der Waals surface area contributed by atoms with Crippen molar-refractivity contribution in [3.63, 3.8) is 0 Å². The van der Waals surface area contributed by atoms with Gasteiger partial charge < -0.3 is 4.74 Å². The molecule has 0 bridgehead atoms. The number of carbonyl (C=O) groups excluding carboxylic acids is 2. The second-order valence-corrected chi connectivity index (χ2v) is 3.28. The molecule has 0 aliphatic carbocycles. The third-order valence-electron chi connectivity index (χ3n) is 1.40. The van der Waals surface area contributed by atoms with Gasteiger partial charge in [0.05, 0.1) is 5.69 Å². The molecule has 7 heteroatoms. The van der Waals surface area contributed by atoms with Crippen LogP contribution in [0.5, 0.6) is 0 Å². The number of nitrogens with one attached hydrogen (secondary N) is 1. The fourth-order valence-corrected chi connectivity index (χ4v) is 1.01. The highest BCUT2D eigenvalue weighted by molar-refractivity contribution is 6.64. The minimum absolute atomic E-state index is 0.0137. The topological polar surface area (TPSA) is 67.8 Å². The first-order valence-corrected chi connectivity index (χ1v) is 4.79. The first-order valence-electron chi connectivity index (χ1n) is 4.03. The molecule has 1 N–H and O–H groups in total. The van der Waals surface area contributed by atoms with E-state index < -0.39 is 11.3 Å². The Hall–Kier alpha value is -1.59. The van der Waals surface area contributed by atoms with Gasteiger partial charge >= 0.3 is 11.3 Å². The molecule has 0 fully saturated rings. The van der Waals surface area contributed by atoms with Gasteiger partial charge in [-0.1, -0.05) is 11.6 Å². The summed E-state index contributed by atoms with van der Waals surface area (Å²) >= 11 is 11.1. The molecule has 0 saturated heterocycles. The van der Waals surface area contributed by atoms with Crippen LogP contribution in [0.3, 0.4) is 0 Å². The molecule has 1 aromatic carbocycles. The van der Waals surface area contributed by atoms with Gasteiger partial charge in [-0.3, -0.25) is 10.2 Å². The molecule has 0 spiro atoms. The zero-order chi connectivity index (χ0) is 12.0. The van der Waals surface area contributed by atoms with Gasteiger partial charge in [-0.2, -0.15) is 0 Å². The number of esters is 1. The molecule has 0 aliphatic rings. The summed E-state index contributed by atoms with van der Waals surface area (Å²) in [5.74, 6) is -1.12. The van der Waals surface area contributed by atoms with E-state index in [0.29, 0.717) is 10.7 Å². The van der Waals surface area contributed by atoms with Crippen LogP contribution in [0.15, 0.2) is 29.4 Å². The molecule has 1 aromatic rings. The molecule has 1 rings (SSSR count). The molecule has 84 valence electrons. The number of nitrogens with zero attached hydrogens (tertiary/aromatic N) is 1. The van der Waals surface area contributed by atoms with Crippen molar-refractivity contribution in [2.75, 3.05) is 5.43 Å². The number of hydrazone groups is 1. The van der Waals surface area contributed by atoms with Crippen molar-refractivity contribution in [3.05, 3.63) is 29.3 Å². The summed E-state index contributed by atoms with van der Waals surface area (Å²) in [6.07, 6.45) is -0.0137. The Balaban J connectivity index is 2.55. The van der Waals surface area contributed by atoms with E-state index in [0.717, 1.165) is 0 Å². The van der Waals surface area contributed by atoms with Crippen molar-refractivity contribution in [3.8, 4) is 0 Å². The maximum atomic E-state index is 10.5. The number of benzene rings is 1. The zero-order valence-electron chi connectivity index (χ0n) is 7.81. The smallest absolute Gasteiger partial charge is 0.378 e. The van der Waals surface area contributed by atoms with Crippen molar-refractivity contribution in [2.45, 2.75) is 0 Å². The molecule has 0 radical (unpaired) electrons. The lowest BCUT2D eigenvalue weighted by atomic mass is 10.3. The van der Waals surface area contributed by atoms with E-state index in [1.165, 1.54) is 0 Å². The summed E-state index contributed by atoms with van der Waals surface area (Å²) in [5, 5.41) is 3.60. The number of hydrogen-bond donors (Lipinski definition) is 1. The third kappa shape index (κ3) is 4.29. The Morgan fingerprint density at radius 1 is 1.38 bits per heavy atom. The van der Waals surface area contributed by atoms with Crippen molar-refractivity contribution < 1.29 is 14.3 Å². The van der Waals surface area contributed by atoms with Crippen LogP contribution >= 0.6 is 23.2 Å². The average molecular weight is 261 g/mol. The monoisotopic (exact) mass is 260 g/mol. The molecule has 0 unspecified atom stereocenters. The SMILES string of the molecule is O=CC(=O)O/C(Cl)=N/Nc1ccc(Cl)cc1. The van der Waals surface area contributed by atoms with Gasteiger partial charge in [0.25, 0.3) is 0 Å². The highest BCUT2D eigenvalue weighted by Crippen LogP contribution is 2.13. The second kappa shape index (κ2) is 6.09. The number of hydrogen-bond acceptors (Lipinski definition) is 5. The van der Waals surface area contributed by atoms with Crippen molar-refractivity contribution in [1.82, 2.24) is 0 Å². The Morgan fingerprint density at radius 2 is 2.00 bits per heavy atom.